The molecule has 0 unspecified atom stereocenters. The molecule has 0 spiro atoms. The van der Waals surface area contributed by atoms with Gasteiger partial charge in [0.05, 0.1) is 13.0 Å². The lowest BCUT2D eigenvalue weighted by molar-refractivity contribution is -0.122. The monoisotopic (exact) mass is 458 g/mol. The Morgan fingerprint density at radius 2 is 1.59 bits per heavy atom. The number of rotatable bonds is 6. The summed E-state index contributed by atoms with van der Waals surface area (Å²) < 4.78 is 11.2. The second kappa shape index (κ2) is 9.59. The van der Waals surface area contributed by atoms with Crippen molar-refractivity contribution in [3.8, 4) is 17.2 Å². The summed E-state index contributed by atoms with van der Waals surface area (Å²) in [5.74, 6) is 1.44. The van der Waals surface area contributed by atoms with Gasteiger partial charge in [0, 0.05) is 30.4 Å². The van der Waals surface area contributed by atoms with E-state index in [0.29, 0.717) is 23.7 Å². The zero-order valence-corrected chi connectivity index (χ0v) is 20.0. The van der Waals surface area contributed by atoms with Crippen LogP contribution < -0.4 is 19.7 Å². The van der Waals surface area contributed by atoms with Crippen molar-refractivity contribution in [2.75, 3.05) is 23.9 Å². The first-order valence-electron chi connectivity index (χ1n) is 11.4. The smallest absolute Gasteiger partial charge is 0.229 e. The Hall–Kier alpha value is -3.80. The third kappa shape index (κ3) is 5.39. The van der Waals surface area contributed by atoms with Crippen molar-refractivity contribution >= 4 is 23.2 Å². The number of nitrogens with one attached hydrogen (secondary N) is 1. The Morgan fingerprint density at radius 1 is 0.941 bits per heavy atom. The molecule has 1 aliphatic rings. The summed E-state index contributed by atoms with van der Waals surface area (Å²) in [6.07, 6.45) is 0.175. The lowest BCUT2D eigenvalue weighted by Gasteiger charge is -2.19. The summed E-state index contributed by atoms with van der Waals surface area (Å²) in [6.45, 7) is 6.86. The van der Waals surface area contributed by atoms with Crippen LogP contribution in [0.2, 0.25) is 0 Å². The van der Waals surface area contributed by atoms with Gasteiger partial charge in [-0.2, -0.15) is 0 Å². The highest BCUT2D eigenvalue weighted by atomic mass is 16.5. The summed E-state index contributed by atoms with van der Waals surface area (Å²) in [5.41, 5.74) is 2.73. The SMILES string of the molecule is COc1cccc(N2C[C@@H](C(=O)Nc3ccc(Oc4ccc(C(C)(C)C)cc4)cc3)CC2=O)c1. The maximum atomic E-state index is 12.8. The predicted octanol–water partition coefficient (Wildman–Crippen LogP) is 5.78. The number of carbonyl (C=O) groups excluding carboxylic acids is 2. The third-order valence-corrected chi connectivity index (χ3v) is 5.94. The van der Waals surface area contributed by atoms with Crippen LogP contribution in [0.3, 0.4) is 0 Å². The summed E-state index contributed by atoms with van der Waals surface area (Å²) in [5, 5.41) is 2.92. The molecule has 6 heteroatoms. The minimum absolute atomic E-state index is 0.0744. The van der Waals surface area contributed by atoms with Crippen LogP contribution in [-0.2, 0) is 15.0 Å². The molecule has 0 saturated carbocycles. The van der Waals surface area contributed by atoms with Gasteiger partial charge in [-0.25, -0.2) is 0 Å². The number of hydrogen-bond donors (Lipinski definition) is 1. The largest absolute Gasteiger partial charge is 0.497 e. The molecule has 0 radical (unpaired) electrons. The minimum atomic E-state index is -0.420. The quantitative estimate of drug-likeness (QED) is 0.509. The zero-order chi connectivity index (χ0) is 24.3. The Labute approximate surface area is 200 Å². The third-order valence-electron chi connectivity index (χ3n) is 5.94. The Kier molecular flexibility index (Phi) is 6.59. The van der Waals surface area contributed by atoms with Crippen LogP contribution in [0, 0.1) is 5.92 Å². The second-order valence-corrected chi connectivity index (χ2v) is 9.50. The van der Waals surface area contributed by atoms with Crippen LogP contribution in [0.15, 0.2) is 72.8 Å². The van der Waals surface area contributed by atoms with Crippen LogP contribution in [0.1, 0.15) is 32.8 Å². The Bertz CT molecular complexity index is 1160. The summed E-state index contributed by atoms with van der Waals surface area (Å²) >= 11 is 0. The molecule has 34 heavy (non-hydrogen) atoms. The molecule has 6 nitrogen and oxygen atoms in total. The van der Waals surface area contributed by atoms with Gasteiger partial charge in [-0.1, -0.05) is 39.0 Å². The van der Waals surface area contributed by atoms with E-state index >= 15 is 0 Å². The molecule has 1 N–H and O–H groups in total. The van der Waals surface area contributed by atoms with E-state index in [1.807, 2.05) is 42.5 Å². The number of carbonyl (C=O) groups is 2. The zero-order valence-electron chi connectivity index (χ0n) is 20.0. The number of anilines is 2. The first-order valence-corrected chi connectivity index (χ1v) is 11.4. The molecule has 0 aromatic heterocycles. The van der Waals surface area contributed by atoms with Crippen LogP contribution in [0.25, 0.3) is 0 Å². The number of methoxy groups -OCH3 is 1. The number of hydrogen-bond acceptors (Lipinski definition) is 4. The van der Waals surface area contributed by atoms with Crippen molar-refractivity contribution in [3.63, 3.8) is 0 Å². The molecule has 0 aliphatic carbocycles. The van der Waals surface area contributed by atoms with Gasteiger partial charge < -0.3 is 19.7 Å². The van der Waals surface area contributed by atoms with Crippen molar-refractivity contribution in [2.45, 2.75) is 32.6 Å². The second-order valence-electron chi connectivity index (χ2n) is 9.50. The van der Waals surface area contributed by atoms with E-state index in [1.54, 1.807) is 30.2 Å². The van der Waals surface area contributed by atoms with Gasteiger partial charge in [-0.05, 0) is 59.5 Å². The van der Waals surface area contributed by atoms with E-state index in [9.17, 15) is 9.59 Å². The highest BCUT2D eigenvalue weighted by Gasteiger charge is 2.35. The van der Waals surface area contributed by atoms with E-state index in [4.69, 9.17) is 9.47 Å². The van der Waals surface area contributed by atoms with Gasteiger partial charge in [0.25, 0.3) is 0 Å². The van der Waals surface area contributed by atoms with Gasteiger partial charge in [0.1, 0.15) is 17.2 Å². The fourth-order valence-corrected chi connectivity index (χ4v) is 3.92. The average molecular weight is 459 g/mol. The van der Waals surface area contributed by atoms with E-state index in [1.165, 1.54) is 5.56 Å². The molecule has 3 aromatic carbocycles. The van der Waals surface area contributed by atoms with Crippen LogP contribution in [-0.4, -0.2) is 25.5 Å². The van der Waals surface area contributed by atoms with Gasteiger partial charge in [0.2, 0.25) is 11.8 Å². The van der Waals surface area contributed by atoms with Gasteiger partial charge in [-0.3, -0.25) is 9.59 Å². The minimum Gasteiger partial charge on any atom is -0.497 e. The molecule has 1 heterocycles. The molecule has 1 aliphatic heterocycles. The normalized spacial score (nSPS) is 15.8. The average Bonchev–Trinajstić information content (AvgIpc) is 3.22. The molecular formula is C28H30N2O4. The molecule has 176 valence electrons. The maximum Gasteiger partial charge on any atom is 0.229 e. The summed E-state index contributed by atoms with van der Waals surface area (Å²) in [6, 6.07) is 22.6. The first-order chi connectivity index (χ1) is 16.2. The maximum absolute atomic E-state index is 12.8. The Morgan fingerprint density at radius 3 is 2.21 bits per heavy atom. The van der Waals surface area contributed by atoms with E-state index in [2.05, 4.69) is 38.2 Å². The van der Waals surface area contributed by atoms with Crippen molar-refractivity contribution in [1.29, 1.82) is 0 Å². The fourth-order valence-electron chi connectivity index (χ4n) is 3.92. The van der Waals surface area contributed by atoms with Crippen LogP contribution >= 0.6 is 0 Å². The molecule has 1 atom stereocenters. The highest BCUT2D eigenvalue weighted by molar-refractivity contribution is 6.03. The lowest BCUT2D eigenvalue weighted by atomic mass is 9.87. The molecule has 0 bridgehead atoms. The Balaban J connectivity index is 1.35. The number of nitrogens with zero attached hydrogens (tertiary/aromatic N) is 1. The van der Waals surface area contributed by atoms with Crippen molar-refractivity contribution in [1.82, 2.24) is 0 Å². The molecule has 4 rings (SSSR count). The topological polar surface area (TPSA) is 67.9 Å². The predicted molar refractivity (Wildman–Crippen MR) is 134 cm³/mol. The number of benzene rings is 3. The van der Waals surface area contributed by atoms with Crippen molar-refractivity contribution in [3.05, 3.63) is 78.4 Å². The molecular weight excluding hydrogens is 428 g/mol. The standard InChI is InChI=1S/C28H30N2O4/c1-28(2,3)20-8-12-23(13-9-20)34-24-14-10-21(11-15-24)29-27(32)19-16-26(31)30(18-19)22-6-5-7-25(17-22)33-4/h5-15,17,19H,16,18H2,1-4H3,(H,29,32)/t19-/m0/s1. The number of amides is 2. The van der Waals surface area contributed by atoms with E-state index < -0.39 is 5.92 Å². The van der Waals surface area contributed by atoms with Gasteiger partial charge in [-0.15, -0.1) is 0 Å². The first kappa shape index (κ1) is 23.4. The summed E-state index contributed by atoms with van der Waals surface area (Å²) in [4.78, 5) is 27.0. The molecule has 2 amide bonds. The molecule has 1 saturated heterocycles. The molecule has 1 fully saturated rings. The van der Waals surface area contributed by atoms with Crippen molar-refractivity contribution < 1.29 is 19.1 Å². The lowest BCUT2D eigenvalue weighted by Crippen LogP contribution is -2.28. The van der Waals surface area contributed by atoms with Gasteiger partial charge >= 0.3 is 0 Å². The van der Waals surface area contributed by atoms with E-state index in [-0.39, 0.29) is 23.7 Å². The van der Waals surface area contributed by atoms with E-state index in [0.717, 1.165) is 11.4 Å². The van der Waals surface area contributed by atoms with Gasteiger partial charge in [0.15, 0.2) is 0 Å². The fraction of sp³-hybridized carbons (Fsp3) is 0.286. The van der Waals surface area contributed by atoms with Crippen LogP contribution in [0.4, 0.5) is 11.4 Å². The van der Waals surface area contributed by atoms with Crippen LogP contribution in [0.5, 0.6) is 17.2 Å². The molecule has 3 aromatic rings. The number of ether oxygens (including phenoxy) is 2. The van der Waals surface area contributed by atoms with Crippen molar-refractivity contribution in [2.24, 2.45) is 5.92 Å². The summed E-state index contributed by atoms with van der Waals surface area (Å²) in [7, 11) is 1.58. The highest BCUT2D eigenvalue weighted by Crippen LogP contribution is 2.30.